The summed E-state index contributed by atoms with van der Waals surface area (Å²) in [4.78, 5) is 15.2. The zero-order valence-electron chi connectivity index (χ0n) is 20.2. The molecule has 1 heterocycles. The van der Waals surface area contributed by atoms with Crippen molar-refractivity contribution in [1.82, 2.24) is 10.2 Å². The lowest BCUT2D eigenvalue weighted by atomic mass is 9.99. The van der Waals surface area contributed by atoms with Crippen LogP contribution < -0.4 is 19.1 Å². The van der Waals surface area contributed by atoms with Gasteiger partial charge in [-0.05, 0) is 69.1 Å². The van der Waals surface area contributed by atoms with E-state index in [0.717, 1.165) is 36.3 Å². The SMILES string of the molecule is COc1ccc(S(=O)(=O)N(CC(=O)NCCCN2CCC(C)CC2)c2ccccc2)cc1OC. The van der Waals surface area contributed by atoms with Crippen molar-refractivity contribution in [3.05, 3.63) is 48.5 Å². The highest BCUT2D eigenvalue weighted by atomic mass is 32.2. The molecule has 9 heteroatoms. The molecule has 0 aromatic heterocycles. The van der Waals surface area contributed by atoms with Crippen molar-refractivity contribution in [2.45, 2.75) is 31.1 Å². The first-order valence-electron chi connectivity index (χ1n) is 11.6. The Morgan fingerprint density at radius 2 is 1.74 bits per heavy atom. The monoisotopic (exact) mass is 489 g/mol. The van der Waals surface area contributed by atoms with Crippen LogP contribution in [0.15, 0.2) is 53.4 Å². The smallest absolute Gasteiger partial charge is 0.264 e. The van der Waals surface area contributed by atoms with Crippen LogP contribution in [0.5, 0.6) is 11.5 Å². The zero-order chi connectivity index (χ0) is 24.6. The summed E-state index contributed by atoms with van der Waals surface area (Å²) in [5.74, 6) is 1.16. The molecular weight excluding hydrogens is 454 g/mol. The molecule has 0 bridgehead atoms. The summed E-state index contributed by atoms with van der Waals surface area (Å²) in [6.07, 6.45) is 3.26. The number of hydrogen-bond acceptors (Lipinski definition) is 6. The van der Waals surface area contributed by atoms with Crippen LogP contribution in [0.4, 0.5) is 5.69 Å². The average Bonchev–Trinajstić information content (AvgIpc) is 2.86. The highest BCUT2D eigenvalue weighted by Crippen LogP contribution is 2.32. The normalized spacial score (nSPS) is 15.0. The van der Waals surface area contributed by atoms with Gasteiger partial charge in [0.1, 0.15) is 6.54 Å². The largest absolute Gasteiger partial charge is 0.493 e. The molecule has 8 nitrogen and oxygen atoms in total. The summed E-state index contributed by atoms with van der Waals surface area (Å²) >= 11 is 0. The maximum Gasteiger partial charge on any atom is 0.264 e. The second kappa shape index (κ2) is 12.1. The Labute approximate surface area is 202 Å². The van der Waals surface area contributed by atoms with Crippen LogP contribution in [0.2, 0.25) is 0 Å². The van der Waals surface area contributed by atoms with Gasteiger partial charge in [-0.3, -0.25) is 9.10 Å². The van der Waals surface area contributed by atoms with Crippen molar-refractivity contribution in [2.75, 3.05) is 51.2 Å². The number of carbonyl (C=O) groups is 1. The lowest BCUT2D eigenvalue weighted by Gasteiger charge is -2.30. The zero-order valence-corrected chi connectivity index (χ0v) is 21.0. The fraction of sp³-hybridized carbons (Fsp3) is 0.480. The maximum atomic E-state index is 13.5. The van der Waals surface area contributed by atoms with Crippen LogP contribution in [0, 0.1) is 5.92 Å². The topological polar surface area (TPSA) is 88.2 Å². The van der Waals surface area contributed by atoms with Gasteiger partial charge < -0.3 is 19.7 Å². The third-order valence-electron chi connectivity index (χ3n) is 6.12. The van der Waals surface area contributed by atoms with Crippen molar-refractivity contribution >= 4 is 21.6 Å². The van der Waals surface area contributed by atoms with Gasteiger partial charge in [0.2, 0.25) is 5.91 Å². The summed E-state index contributed by atoms with van der Waals surface area (Å²) in [5.41, 5.74) is 0.412. The number of nitrogens with zero attached hydrogens (tertiary/aromatic N) is 2. The summed E-state index contributed by atoms with van der Waals surface area (Å²) in [6, 6.07) is 13.0. The molecule has 0 aliphatic carbocycles. The molecule has 1 aliphatic heterocycles. The van der Waals surface area contributed by atoms with E-state index in [1.165, 1.54) is 45.3 Å². The molecule has 1 fully saturated rings. The molecule has 0 saturated carbocycles. The molecular formula is C25H35N3O5S. The predicted octanol–water partition coefficient (Wildman–Crippen LogP) is 3.14. The fourth-order valence-electron chi connectivity index (χ4n) is 4.02. The van der Waals surface area contributed by atoms with E-state index in [9.17, 15) is 13.2 Å². The van der Waals surface area contributed by atoms with Gasteiger partial charge >= 0.3 is 0 Å². The van der Waals surface area contributed by atoms with Gasteiger partial charge in [0, 0.05) is 12.6 Å². The van der Waals surface area contributed by atoms with Crippen molar-refractivity contribution in [3.8, 4) is 11.5 Å². The maximum absolute atomic E-state index is 13.5. The van der Waals surface area contributed by atoms with E-state index < -0.39 is 10.0 Å². The van der Waals surface area contributed by atoms with Gasteiger partial charge in [-0.1, -0.05) is 25.1 Å². The molecule has 0 unspecified atom stereocenters. The van der Waals surface area contributed by atoms with Crippen LogP contribution in [0.3, 0.4) is 0 Å². The number of methoxy groups -OCH3 is 2. The standard InChI is InChI=1S/C25H35N3O5S/c1-20-12-16-27(17-13-20)15-7-14-26-25(29)19-28(21-8-5-4-6-9-21)34(30,31)22-10-11-23(32-2)24(18-22)33-3/h4-6,8-11,18,20H,7,12-17,19H2,1-3H3,(H,26,29). The molecule has 0 spiro atoms. The van der Waals surface area contributed by atoms with E-state index in [1.807, 2.05) is 0 Å². The van der Waals surface area contributed by atoms with Crippen LogP contribution in [-0.4, -0.2) is 66.2 Å². The molecule has 3 rings (SSSR count). The Morgan fingerprint density at radius 3 is 2.38 bits per heavy atom. The summed E-state index contributed by atoms with van der Waals surface area (Å²) < 4.78 is 38.7. The highest BCUT2D eigenvalue weighted by Gasteiger charge is 2.28. The van der Waals surface area contributed by atoms with E-state index in [0.29, 0.717) is 23.7 Å². The Morgan fingerprint density at radius 1 is 1.06 bits per heavy atom. The van der Waals surface area contributed by atoms with E-state index in [4.69, 9.17) is 9.47 Å². The van der Waals surface area contributed by atoms with Crippen LogP contribution >= 0.6 is 0 Å². The molecule has 2 aromatic carbocycles. The van der Waals surface area contributed by atoms with Gasteiger partial charge in [-0.25, -0.2) is 8.42 Å². The Hall–Kier alpha value is -2.78. The molecule has 0 radical (unpaired) electrons. The second-order valence-corrected chi connectivity index (χ2v) is 10.5. The van der Waals surface area contributed by atoms with Crippen LogP contribution in [0.1, 0.15) is 26.2 Å². The number of carbonyl (C=O) groups excluding carboxylic acids is 1. The number of hydrogen-bond donors (Lipinski definition) is 1. The number of piperidine rings is 1. The van der Waals surface area contributed by atoms with E-state index in [2.05, 4.69) is 17.1 Å². The minimum absolute atomic E-state index is 0.0149. The van der Waals surface area contributed by atoms with Crippen molar-refractivity contribution in [2.24, 2.45) is 5.92 Å². The number of benzene rings is 2. The number of ether oxygens (including phenoxy) is 2. The number of para-hydroxylation sites is 1. The third-order valence-corrected chi connectivity index (χ3v) is 7.89. The van der Waals surface area contributed by atoms with Crippen LogP contribution in [0.25, 0.3) is 0 Å². The highest BCUT2D eigenvalue weighted by molar-refractivity contribution is 7.92. The van der Waals surface area contributed by atoms with Crippen molar-refractivity contribution in [3.63, 3.8) is 0 Å². The minimum Gasteiger partial charge on any atom is -0.493 e. The number of sulfonamides is 1. The lowest BCUT2D eigenvalue weighted by Crippen LogP contribution is -2.42. The number of amides is 1. The molecule has 186 valence electrons. The van der Waals surface area contributed by atoms with Gasteiger partial charge in [0.15, 0.2) is 11.5 Å². The molecule has 2 aromatic rings. The van der Waals surface area contributed by atoms with Gasteiger partial charge in [-0.15, -0.1) is 0 Å². The van der Waals surface area contributed by atoms with Gasteiger partial charge in [0.05, 0.1) is 24.8 Å². The predicted molar refractivity (Wildman–Crippen MR) is 133 cm³/mol. The molecule has 34 heavy (non-hydrogen) atoms. The van der Waals surface area contributed by atoms with Crippen LogP contribution in [-0.2, 0) is 14.8 Å². The number of rotatable bonds is 11. The third kappa shape index (κ3) is 6.64. The Kier molecular flexibility index (Phi) is 9.18. The van der Waals surface area contributed by atoms with E-state index in [1.54, 1.807) is 30.3 Å². The summed E-state index contributed by atoms with van der Waals surface area (Å²) in [7, 11) is -1.10. The molecule has 1 N–H and O–H groups in total. The number of nitrogens with one attached hydrogen (secondary N) is 1. The van der Waals surface area contributed by atoms with Crippen molar-refractivity contribution in [1.29, 1.82) is 0 Å². The molecule has 0 atom stereocenters. The molecule has 1 aliphatic rings. The molecule has 1 saturated heterocycles. The summed E-state index contributed by atoms with van der Waals surface area (Å²) in [5, 5.41) is 2.88. The lowest BCUT2D eigenvalue weighted by molar-refractivity contribution is -0.119. The fourth-order valence-corrected chi connectivity index (χ4v) is 5.45. The number of anilines is 1. The van der Waals surface area contributed by atoms with E-state index in [-0.39, 0.29) is 17.3 Å². The van der Waals surface area contributed by atoms with Crippen molar-refractivity contribution < 1.29 is 22.7 Å². The average molecular weight is 490 g/mol. The Bertz CT molecular complexity index is 1040. The van der Waals surface area contributed by atoms with Gasteiger partial charge in [0.25, 0.3) is 10.0 Å². The molecule has 1 amide bonds. The minimum atomic E-state index is -4.03. The first-order valence-corrected chi connectivity index (χ1v) is 13.1. The Balaban J connectivity index is 1.68. The summed E-state index contributed by atoms with van der Waals surface area (Å²) in [6.45, 7) is 5.60. The van der Waals surface area contributed by atoms with Gasteiger partial charge in [-0.2, -0.15) is 0 Å². The second-order valence-electron chi connectivity index (χ2n) is 8.59. The van der Waals surface area contributed by atoms with E-state index >= 15 is 0 Å². The quantitative estimate of drug-likeness (QED) is 0.488. The number of likely N-dealkylation sites (tertiary alicyclic amines) is 1. The first kappa shape index (κ1) is 25.8. The first-order chi connectivity index (χ1) is 16.3.